The molecule has 5 aromatic rings. The van der Waals surface area contributed by atoms with Crippen LogP contribution in [0.15, 0.2) is 59.5 Å². The van der Waals surface area contributed by atoms with Crippen LogP contribution < -0.4 is 10.1 Å². The van der Waals surface area contributed by atoms with Crippen LogP contribution in [0.1, 0.15) is 18.4 Å². The first-order valence-corrected chi connectivity index (χ1v) is 11.3. The molecule has 4 heterocycles. The van der Waals surface area contributed by atoms with Crippen molar-refractivity contribution < 1.29 is 4.79 Å². The van der Waals surface area contributed by atoms with Crippen molar-refractivity contribution in [3.05, 3.63) is 75.2 Å². The summed E-state index contributed by atoms with van der Waals surface area (Å²) in [6.07, 6.45) is 6.07. The number of rotatable bonds is 3. The summed E-state index contributed by atoms with van der Waals surface area (Å²) >= 11 is 1.40. The Morgan fingerprint density at radius 2 is 1.77 bits per heavy atom. The van der Waals surface area contributed by atoms with Crippen LogP contribution in [0.3, 0.4) is 0 Å². The van der Waals surface area contributed by atoms with E-state index in [1.54, 1.807) is 4.40 Å². The van der Waals surface area contributed by atoms with Gasteiger partial charge in [-0.25, -0.2) is 9.38 Å². The third kappa shape index (κ3) is 2.96. The highest BCUT2D eigenvalue weighted by Gasteiger charge is 2.19. The average Bonchev–Trinajstić information content (AvgIpc) is 3.55. The number of aromatic nitrogens is 3. The Hall–Kier alpha value is -3.45. The van der Waals surface area contributed by atoms with Gasteiger partial charge in [0.15, 0.2) is 4.96 Å². The second-order valence-electron chi connectivity index (χ2n) is 7.95. The first kappa shape index (κ1) is 18.3. The number of thiazole rings is 1. The molecule has 6 rings (SSSR count). The Balaban J connectivity index is 1.47. The zero-order valence-corrected chi connectivity index (χ0v) is 17.6. The molecule has 31 heavy (non-hydrogen) atoms. The SMILES string of the molecule is O=C(Cn1cc(/C=c2/sc3nc4ccccc4n3c2=O)c2ccccc21)N1CCCC1. The van der Waals surface area contributed by atoms with Gasteiger partial charge in [-0.15, -0.1) is 0 Å². The lowest BCUT2D eigenvalue weighted by Gasteiger charge is -2.15. The summed E-state index contributed by atoms with van der Waals surface area (Å²) in [7, 11) is 0. The molecule has 0 saturated carbocycles. The predicted octanol–water partition coefficient (Wildman–Crippen LogP) is 3.03. The van der Waals surface area contributed by atoms with Gasteiger partial charge in [0.2, 0.25) is 5.91 Å². The van der Waals surface area contributed by atoms with Crippen LogP contribution in [0, 0.1) is 0 Å². The van der Waals surface area contributed by atoms with E-state index in [4.69, 9.17) is 0 Å². The summed E-state index contributed by atoms with van der Waals surface area (Å²) < 4.78 is 4.32. The van der Waals surface area contributed by atoms with E-state index >= 15 is 0 Å². The summed E-state index contributed by atoms with van der Waals surface area (Å²) in [6.45, 7) is 2.01. The van der Waals surface area contributed by atoms with Crippen molar-refractivity contribution in [3.63, 3.8) is 0 Å². The molecule has 3 aromatic heterocycles. The van der Waals surface area contributed by atoms with E-state index < -0.39 is 0 Å². The molecule has 0 unspecified atom stereocenters. The summed E-state index contributed by atoms with van der Waals surface area (Å²) in [5, 5.41) is 1.03. The van der Waals surface area contributed by atoms with E-state index in [0.717, 1.165) is 53.4 Å². The number of hydrogen-bond acceptors (Lipinski definition) is 4. The number of imidazole rings is 1. The normalized spacial score (nSPS) is 15.1. The number of nitrogens with zero attached hydrogens (tertiary/aromatic N) is 4. The van der Waals surface area contributed by atoms with Crippen LogP contribution in [-0.2, 0) is 11.3 Å². The Bertz CT molecular complexity index is 1570. The highest BCUT2D eigenvalue weighted by atomic mass is 32.1. The van der Waals surface area contributed by atoms with Gasteiger partial charge in [-0.1, -0.05) is 41.7 Å². The molecule has 1 saturated heterocycles. The Labute approximate surface area is 181 Å². The summed E-state index contributed by atoms with van der Waals surface area (Å²) in [5.41, 5.74) is 3.54. The molecule has 0 radical (unpaired) electrons. The number of carbonyl (C=O) groups excluding carboxylic acids is 1. The number of carbonyl (C=O) groups is 1. The average molecular weight is 429 g/mol. The molecule has 2 aromatic carbocycles. The van der Waals surface area contributed by atoms with Crippen molar-refractivity contribution in [1.82, 2.24) is 18.9 Å². The molecule has 7 heteroatoms. The summed E-state index contributed by atoms with van der Waals surface area (Å²) in [5.74, 6) is 0.148. The molecule has 1 aliphatic heterocycles. The molecule has 0 N–H and O–H groups in total. The predicted molar refractivity (Wildman–Crippen MR) is 123 cm³/mol. The van der Waals surface area contributed by atoms with Crippen molar-refractivity contribution >= 4 is 50.2 Å². The van der Waals surface area contributed by atoms with Gasteiger partial charge < -0.3 is 9.47 Å². The summed E-state index contributed by atoms with van der Waals surface area (Å²) in [6, 6.07) is 15.7. The fourth-order valence-electron chi connectivity index (χ4n) is 4.49. The van der Waals surface area contributed by atoms with Gasteiger partial charge in [0.1, 0.15) is 6.54 Å². The van der Waals surface area contributed by atoms with E-state index in [1.807, 2.05) is 70.3 Å². The Morgan fingerprint density at radius 1 is 1.03 bits per heavy atom. The second kappa shape index (κ2) is 7.06. The Kier molecular flexibility index (Phi) is 4.17. The zero-order valence-electron chi connectivity index (χ0n) is 16.8. The van der Waals surface area contributed by atoms with E-state index in [1.165, 1.54) is 11.3 Å². The van der Waals surface area contributed by atoms with Crippen LogP contribution in [0.25, 0.3) is 33.0 Å². The van der Waals surface area contributed by atoms with Crippen LogP contribution >= 0.6 is 11.3 Å². The third-order valence-corrected chi connectivity index (χ3v) is 6.98. The molecule has 0 spiro atoms. The maximum atomic E-state index is 13.1. The first-order valence-electron chi connectivity index (χ1n) is 10.5. The molecule has 1 amide bonds. The van der Waals surface area contributed by atoms with Crippen LogP contribution in [0.4, 0.5) is 0 Å². The number of para-hydroxylation sites is 3. The lowest BCUT2D eigenvalue weighted by Crippen LogP contribution is -2.30. The van der Waals surface area contributed by atoms with E-state index in [2.05, 4.69) is 4.98 Å². The second-order valence-corrected chi connectivity index (χ2v) is 8.96. The van der Waals surface area contributed by atoms with Crippen molar-refractivity contribution in [2.45, 2.75) is 19.4 Å². The number of fused-ring (bicyclic) bond motifs is 4. The fraction of sp³-hybridized carbons (Fsp3) is 0.208. The third-order valence-electron chi connectivity index (χ3n) is 6.02. The number of likely N-dealkylation sites (tertiary alicyclic amines) is 1. The monoisotopic (exact) mass is 428 g/mol. The number of benzene rings is 2. The highest BCUT2D eigenvalue weighted by Crippen LogP contribution is 2.23. The number of amides is 1. The highest BCUT2D eigenvalue weighted by molar-refractivity contribution is 7.15. The van der Waals surface area contributed by atoms with Crippen LogP contribution in [-0.4, -0.2) is 37.8 Å². The maximum absolute atomic E-state index is 13.1. The minimum Gasteiger partial charge on any atom is -0.341 e. The maximum Gasteiger partial charge on any atom is 0.274 e. The number of hydrogen-bond donors (Lipinski definition) is 0. The van der Waals surface area contributed by atoms with Gasteiger partial charge in [-0.3, -0.25) is 9.59 Å². The van der Waals surface area contributed by atoms with Gasteiger partial charge in [0, 0.05) is 35.8 Å². The molecule has 1 fully saturated rings. The summed E-state index contributed by atoms with van der Waals surface area (Å²) in [4.78, 5) is 33.1. The minimum absolute atomic E-state index is 0.0568. The van der Waals surface area contributed by atoms with Crippen molar-refractivity contribution in [2.75, 3.05) is 13.1 Å². The van der Waals surface area contributed by atoms with Crippen molar-refractivity contribution in [2.24, 2.45) is 0 Å². The van der Waals surface area contributed by atoms with Crippen molar-refractivity contribution in [3.8, 4) is 0 Å². The molecule has 1 aliphatic rings. The minimum atomic E-state index is -0.0568. The lowest BCUT2D eigenvalue weighted by molar-refractivity contribution is -0.130. The molecule has 6 nitrogen and oxygen atoms in total. The van der Waals surface area contributed by atoms with Gasteiger partial charge >= 0.3 is 0 Å². The fourth-order valence-corrected chi connectivity index (χ4v) is 5.46. The van der Waals surface area contributed by atoms with Gasteiger partial charge in [-0.05, 0) is 37.1 Å². The largest absolute Gasteiger partial charge is 0.341 e. The molecule has 0 aliphatic carbocycles. The van der Waals surface area contributed by atoms with E-state index in [0.29, 0.717) is 16.0 Å². The van der Waals surface area contributed by atoms with Gasteiger partial charge in [0.25, 0.3) is 5.56 Å². The van der Waals surface area contributed by atoms with E-state index in [-0.39, 0.29) is 11.5 Å². The quantitative estimate of drug-likeness (QED) is 0.444. The molecular weight excluding hydrogens is 408 g/mol. The van der Waals surface area contributed by atoms with Crippen LogP contribution in [0.2, 0.25) is 0 Å². The van der Waals surface area contributed by atoms with Gasteiger partial charge in [-0.2, -0.15) is 0 Å². The van der Waals surface area contributed by atoms with Crippen molar-refractivity contribution in [1.29, 1.82) is 0 Å². The lowest BCUT2D eigenvalue weighted by atomic mass is 10.2. The Morgan fingerprint density at radius 3 is 2.61 bits per heavy atom. The molecule has 0 atom stereocenters. The van der Waals surface area contributed by atoms with Gasteiger partial charge in [0.05, 0.1) is 15.6 Å². The molecule has 0 bridgehead atoms. The molecular formula is C24H20N4O2S. The first-order chi connectivity index (χ1) is 15.2. The standard InChI is InChI=1S/C24H20N4O2S/c29-22(26-11-5-6-12-26)15-27-14-16(17-7-1-3-9-19(17)27)13-21-23(30)28-20-10-4-2-8-18(20)25-24(28)31-21/h1-4,7-10,13-14H,5-6,11-12,15H2/b21-13+. The molecule has 154 valence electrons. The smallest absolute Gasteiger partial charge is 0.274 e. The van der Waals surface area contributed by atoms with Crippen LogP contribution in [0.5, 0.6) is 0 Å². The topological polar surface area (TPSA) is 59.6 Å². The van der Waals surface area contributed by atoms with E-state index in [9.17, 15) is 9.59 Å². The zero-order chi connectivity index (χ0) is 20.9.